The zero-order valence-corrected chi connectivity index (χ0v) is 12.1. The Kier molecular flexibility index (Phi) is 3.65. The van der Waals surface area contributed by atoms with Crippen LogP contribution < -0.4 is 0 Å². The van der Waals surface area contributed by atoms with Crippen molar-refractivity contribution < 1.29 is 5.11 Å². The van der Waals surface area contributed by atoms with Crippen LogP contribution in [0.2, 0.25) is 0 Å². The highest BCUT2D eigenvalue weighted by molar-refractivity contribution is 7.12. The van der Waals surface area contributed by atoms with Crippen molar-refractivity contribution in [1.82, 2.24) is 0 Å². The lowest BCUT2D eigenvalue weighted by atomic mass is 9.64. The molecule has 1 aliphatic carbocycles. The van der Waals surface area contributed by atoms with Crippen LogP contribution in [0.15, 0.2) is 12.1 Å². The first-order chi connectivity index (χ1) is 7.97. The molecule has 0 bridgehead atoms. The van der Waals surface area contributed by atoms with Crippen molar-refractivity contribution in [2.45, 2.75) is 64.9 Å². The molecule has 1 nitrogen and oxygen atoms in total. The first kappa shape index (κ1) is 13.1. The normalized spacial score (nSPS) is 28.2. The van der Waals surface area contributed by atoms with E-state index in [-0.39, 0.29) is 5.41 Å². The van der Waals surface area contributed by atoms with Gasteiger partial charge in [-0.3, -0.25) is 0 Å². The van der Waals surface area contributed by atoms with Gasteiger partial charge in [0, 0.05) is 16.2 Å². The van der Waals surface area contributed by atoms with Gasteiger partial charge in [0.25, 0.3) is 0 Å². The van der Waals surface area contributed by atoms with Crippen molar-refractivity contribution in [3.05, 3.63) is 21.9 Å². The van der Waals surface area contributed by atoms with Gasteiger partial charge in [-0.15, -0.1) is 11.3 Å². The molecule has 0 spiro atoms. The molecular formula is C15H24OS. The molecule has 2 rings (SSSR count). The van der Waals surface area contributed by atoms with Gasteiger partial charge in [-0.05, 0) is 36.8 Å². The number of hydrogen-bond donors (Lipinski definition) is 1. The van der Waals surface area contributed by atoms with Gasteiger partial charge in [-0.1, -0.05) is 33.6 Å². The minimum atomic E-state index is -0.499. The first-order valence-corrected chi connectivity index (χ1v) is 7.58. The molecular weight excluding hydrogens is 228 g/mol. The molecule has 0 aromatic carbocycles. The molecule has 0 saturated heterocycles. The monoisotopic (exact) mass is 252 g/mol. The second-order valence-electron chi connectivity index (χ2n) is 6.02. The highest BCUT2D eigenvalue weighted by atomic mass is 32.1. The van der Waals surface area contributed by atoms with E-state index in [1.165, 1.54) is 22.6 Å². The third-order valence-electron chi connectivity index (χ3n) is 4.43. The van der Waals surface area contributed by atoms with E-state index in [1.54, 1.807) is 0 Å². The topological polar surface area (TPSA) is 20.2 Å². The van der Waals surface area contributed by atoms with Crippen LogP contribution in [-0.2, 0) is 12.8 Å². The van der Waals surface area contributed by atoms with Crippen LogP contribution in [0.1, 0.15) is 56.2 Å². The number of rotatable bonds is 3. The van der Waals surface area contributed by atoms with Gasteiger partial charge in [-0.25, -0.2) is 0 Å². The summed E-state index contributed by atoms with van der Waals surface area (Å²) in [5.41, 5.74) is -0.442. The fraction of sp³-hybridized carbons (Fsp3) is 0.733. The molecule has 1 aromatic heterocycles. The van der Waals surface area contributed by atoms with Crippen LogP contribution in [0, 0.1) is 5.41 Å². The SMILES string of the molecule is CCc1ccc(CC2(O)CCCCC2(C)C)s1. The summed E-state index contributed by atoms with van der Waals surface area (Å²) in [7, 11) is 0. The number of aliphatic hydroxyl groups is 1. The second kappa shape index (κ2) is 4.74. The van der Waals surface area contributed by atoms with Crippen LogP contribution in [0.4, 0.5) is 0 Å². The van der Waals surface area contributed by atoms with Gasteiger partial charge in [0.1, 0.15) is 0 Å². The lowest BCUT2D eigenvalue weighted by Gasteiger charge is -2.46. The minimum Gasteiger partial charge on any atom is -0.389 e. The summed E-state index contributed by atoms with van der Waals surface area (Å²) < 4.78 is 0. The van der Waals surface area contributed by atoms with Gasteiger partial charge >= 0.3 is 0 Å². The predicted molar refractivity (Wildman–Crippen MR) is 74.6 cm³/mol. The summed E-state index contributed by atoms with van der Waals surface area (Å²) in [4.78, 5) is 2.77. The smallest absolute Gasteiger partial charge is 0.0746 e. The van der Waals surface area contributed by atoms with Gasteiger partial charge in [-0.2, -0.15) is 0 Å². The summed E-state index contributed by atoms with van der Waals surface area (Å²) in [5, 5.41) is 10.9. The Morgan fingerprint density at radius 2 is 1.82 bits per heavy atom. The maximum Gasteiger partial charge on any atom is 0.0746 e. The van der Waals surface area contributed by atoms with Crippen molar-refractivity contribution >= 4 is 11.3 Å². The maximum atomic E-state index is 10.9. The Hall–Kier alpha value is -0.340. The summed E-state index contributed by atoms with van der Waals surface area (Å²) in [6.07, 6.45) is 6.48. The maximum absolute atomic E-state index is 10.9. The molecule has 96 valence electrons. The van der Waals surface area contributed by atoms with E-state index in [4.69, 9.17) is 0 Å². The Morgan fingerprint density at radius 1 is 1.18 bits per heavy atom. The average molecular weight is 252 g/mol. The van der Waals surface area contributed by atoms with Crippen LogP contribution >= 0.6 is 11.3 Å². The highest BCUT2D eigenvalue weighted by Gasteiger charge is 2.45. The zero-order valence-electron chi connectivity index (χ0n) is 11.3. The first-order valence-electron chi connectivity index (χ1n) is 6.77. The molecule has 1 heterocycles. The van der Waals surface area contributed by atoms with Crippen molar-refractivity contribution in [3.8, 4) is 0 Å². The number of thiophene rings is 1. The highest BCUT2D eigenvalue weighted by Crippen LogP contribution is 2.46. The van der Waals surface area contributed by atoms with E-state index < -0.39 is 5.60 Å². The fourth-order valence-electron chi connectivity index (χ4n) is 2.88. The number of aryl methyl sites for hydroxylation is 1. The van der Waals surface area contributed by atoms with Gasteiger partial charge in [0.05, 0.1) is 5.60 Å². The lowest BCUT2D eigenvalue weighted by Crippen LogP contribution is -2.48. The number of hydrogen-bond acceptors (Lipinski definition) is 2. The van der Waals surface area contributed by atoms with Crippen molar-refractivity contribution in [3.63, 3.8) is 0 Å². The van der Waals surface area contributed by atoms with Crippen LogP contribution in [-0.4, -0.2) is 10.7 Å². The zero-order chi connectivity index (χ0) is 12.5. The minimum absolute atomic E-state index is 0.0572. The largest absolute Gasteiger partial charge is 0.389 e. The Balaban J connectivity index is 2.15. The molecule has 1 fully saturated rings. The molecule has 0 aliphatic heterocycles. The Morgan fingerprint density at radius 3 is 2.41 bits per heavy atom. The van der Waals surface area contributed by atoms with Crippen molar-refractivity contribution in [2.75, 3.05) is 0 Å². The summed E-state index contributed by atoms with van der Waals surface area (Å²) in [6, 6.07) is 4.41. The molecule has 1 unspecified atom stereocenters. The van der Waals surface area contributed by atoms with E-state index in [1.807, 2.05) is 11.3 Å². The summed E-state index contributed by atoms with van der Waals surface area (Å²) >= 11 is 1.87. The predicted octanol–water partition coefficient (Wildman–Crippen LogP) is 4.18. The van der Waals surface area contributed by atoms with E-state index in [0.717, 1.165) is 25.7 Å². The second-order valence-corrected chi connectivity index (χ2v) is 7.27. The van der Waals surface area contributed by atoms with E-state index in [0.29, 0.717) is 0 Å². The third kappa shape index (κ3) is 2.58. The Labute approximate surface area is 109 Å². The van der Waals surface area contributed by atoms with E-state index in [2.05, 4.69) is 32.9 Å². The van der Waals surface area contributed by atoms with Crippen LogP contribution in [0.25, 0.3) is 0 Å². The quantitative estimate of drug-likeness (QED) is 0.855. The third-order valence-corrected chi connectivity index (χ3v) is 5.66. The van der Waals surface area contributed by atoms with E-state index in [9.17, 15) is 5.11 Å². The molecule has 1 atom stereocenters. The molecule has 17 heavy (non-hydrogen) atoms. The van der Waals surface area contributed by atoms with Gasteiger partial charge in [0.15, 0.2) is 0 Å². The summed E-state index contributed by atoms with van der Waals surface area (Å²) in [5.74, 6) is 0. The fourth-order valence-corrected chi connectivity index (χ4v) is 3.94. The van der Waals surface area contributed by atoms with Crippen LogP contribution in [0.3, 0.4) is 0 Å². The van der Waals surface area contributed by atoms with Crippen LogP contribution in [0.5, 0.6) is 0 Å². The molecule has 1 aliphatic rings. The molecule has 0 radical (unpaired) electrons. The molecule has 2 heteroatoms. The summed E-state index contributed by atoms with van der Waals surface area (Å²) in [6.45, 7) is 6.63. The van der Waals surface area contributed by atoms with Crippen molar-refractivity contribution in [1.29, 1.82) is 0 Å². The van der Waals surface area contributed by atoms with Gasteiger partial charge < -0.3 is 5.11 Å². The molecule has 1 aromatic rings. The standard InChI is InChI=1S/C15H24OS/c1-4-12-7-8-13(17-12)11-15(16)10-6-5-9-14(15,2)3/h7-8,16H,4-6,9-11H2,1-3H3. The molecule has 1 saturated carbocycles. The Bertz CT molecular complexity index is 380. The van der Waals surface area contributed by atoms with Gasteiger partial charge in [0.2, 0.25) is 0 Å². The average Bonchev–Trinajstić information content (AvgIpc) is 2.70. The lowest BCUT2D eigenvalue weighted by molar-refractivity contribution is -0.0953. The van der Waals surface area contributed by atoms with E-state index >= 15 is 0 Å². The molecule has 0 amide bonds. The molecule has 1 N–H and O–H groups in total. The van der Waals surface area contributed by atoms with Crippen molar-refractivity contribution in [2.24, 2.45) is 5.41 Å².